The molecule has 0 radical (unpaired) electrons. The Labute approximate surface area is 108 Å². The first-order valence-corrected chi connectivity index (χ1v) is 6.40. The lowest BCUT2D eigenvalue weighted by molar-refractivity contribution is 0.0229. The molecule has 100 valence electrons. The lowest BCUT2D eigenvalue weighted by atomic mass is 9.80. The zero-order valence-electron chi connectivity index (χ0n) is 10.9. The Bertz CT molecular complexity index is 374. The summed E-state index contributed by atoms with van der Waals surface area (Å²) in [5.41, 5.74) is 7.10. The van der Waals surface area contributed by atoms with Gasteiger partial charge in [-0.2, -0.15) is 0 Å². The van der Waals surface area contributed by atoms with E-state index in [0.717, 1.165) is 38.3 Å². The Morgan fingerprint density at radius 3 is 2.44 bits per heavy atom. The van der Waals surface area contributed by atoms with Crippen LogP contribution < -0.4 is 10.6 Å². The summed E-state index contributed by atoms with van der Waals surface area (Å²) in [4.78, 5) is 2.15. The molecular weight excluding hydrogens is 231 g/mol. The van der Waals surface area contributed by atoms with Crippen LogP contribution in [-0.4, -0.2) is 33.4 Å². The number of hydrogen-bond donors (Lipinski definition) is 1. The molecule has 0 unspecified atom stereocenters. The van der Waals surface area contributed by atoms with Crippen LogP contribution in [0.2, 0.25) is 0 Å². The summed E-state index contributed by atoms with van der Waals surface area (Å²) >= 11 is 0. The largest absolute Gasteiger partial charge is 0.381 e. The molecule has 4 heteroatoms. The molecule has 1 aliphatic rings. The van der Waals surface area contributed by atoms with Crippen LogP contribution in [0.4, 0.5) is 10.1 Å². The first-order chi connectivity index (χ1) is 8.65. The molecule has 0 atom stereocenters. The van der Waals surface area contributed by atoms with Gasteiger partial charge in [-0.25, -0.2) is 4.39 Å². The van der Waals surface area contributed by atoms with E-state index in [4.69, 9.17) is 10.5 Å². The van der Waals surface area contributed by atoms with Crippen LogP contribution in [0.15, 0.2) is 24.3 Å². The molecule has 0 aromatic heterocycles. The van der Waals surface area contributed by atoms with Gasteiger partial charge in [-0.05, 0) is 43.7 Å². The van der Waals surface area contributed by atoms with Crippen molar-refractivity contribution in [3.8, 4) is 0 Å². The number of anilines is 1. The number of halogens is 1. The summed E-state index contributed by atoms with van der Waals surface area (Å²) < 4.78 is 18.3. The fourth-order valence-corrected chi connectivity index (χ4v) is 2.52. The number of ether oxygens (including phenoxy) is 1. The quantitative estimate of drug-likeness (QED) is 0.891. The minimum atomic E-state index is -0.202. The highest BCUT2D eigenvalue weighted by atomic mass is 19.1. The van der Waals surface area contributed by atoms with Crippen LogP contribution in [-0.2, 0) is 4.74 Å². The van der Waals surface area contributed by atoms with Crippen LogP contribution in [0.25, 0.3) is 0 Å². The van der Waals surface area contributed by atoms with Crippen LogP contribution >= 0.6 is 0 Å². The minimum absolute atomic E-state index is 0.126. The molecule has 18 heavy (non-hydrogen) atoms. The van der Waals surface area contributed by atoms with Crippen LogP contribution in [0.5, 0.6) is 0 Å². The summed E-state index contributed by atoms with van der Waals surface area (Å²) in [6, 6.07) is 6.59. The highest BCUT2D eigenvalue weighted by Gasteiger charge is 2.32. The predicted octanol–water partition coefficient (Wildman–Crippen LogP) is 2.02. The minimum Gasteiger partial charge on any atom is -0.381 e. The van der Waals surface area contributed by atoms with Gasteiger partial charge in [0, 0.05) is 37.9 Å². The van der Waals surface area contributed by atoms with Crippen LogP contribution in [0.1, 0.15) is 12.8 Å². The van der Waals surface area contributed by atoms with Gasteiger partial charge in [-0.15, -0.1) is 0 Å². The Hall–Kier alpha value is -1.13. The topological polar surface area (TPSA) is 38.5 Å². The summed E-state index contributed by atoms with van der Waals surface area (Å²) in [6.07, 6.45) is 1.99. The molecule has 1 aliphatic heterocycles. The second-order valence-corrected chi connectivity index (χ2v) is 5.15. The van der Waals surface area contributed by atoms with Crippen molar-refractivity contribution in [2.24, 2.45) is 11.1 Å². The molecule has 0 spiro atoms. The van der Waals surface area contributed by atoms with Crippen molar-refractivity contribution in [3.05, 3.63) is 30.1 Å². The number of nitrogens with two attached hydrogens (primary N) is 1. The van der Waals surface area contributed by atoms with Crippen molar-refractivity contribution in [3.63, 3.8) is 0 Å². The maximum atomic E-state index is 12.9. The lowest BCUT2D eigenvalue weighted by Gasteiger charge is -2.39. The lowest BCUT2D eigenvalue weighted by Crippen LogP contribution is -2.45. The van der Waals surface area contributed by atoms with Crippen LogP contribution in [0, 0.1) is 11.2 Å². The Kier molecular flexibility index (Phi) is 4.19. The van der Waals surface area contributed by atoms with E-state index < -0.39 is 0 Å². The third-order valence-corrected chi connectivity index (χ3v) is 3.83. The average molecular weight is 252 g/mol. The molecule has 2 N–H and O–H groups in total. The zero-order valence-corrected chi connectivity index (χ0v) is 10.9. The zero-order chi connectivity index (χ0) is 13.0. The molecule has 0 saturated carbocycles. The first-order valence-electron chi connectivity index (χ1n) is 6.40. The maximum Gasteiger partial charge on any atom is 0.123 e. The molecule has 0 aliphatic carbocycles. The summed E-state index contributed by atoms with van der Waals surface area (Å²) in [5, 5.41) is 0. The molecule has 1 fully saturated rings. The van der Waals surface area contributed by atoms with Crippen molar-refractivity contribution in [1.82, 2.24) is 0 Å². The molecule has 1 heterocycles. The van der Waals surface area contributed by atoms with Gasteiger partial charge in [0.25, 0.3) is 0 Å². The van der Waals surface area contributed by atoms with E-state index in [1.807, 2.05) is 7.05 Å². The van der Waals surface area contributed by atoms with E-state index in [1.54, 1.807) is 12.1 Å². The number of hydrogen-bond acceptors (Lipinski definition) is 3. The van der Waals surface area contributed by atoms with Crippen molar-refractivity contribution < 1.29 is 9.13 Å². The van der Waals surface area contributed by atoms with Gasteiger partial charge < -0.3 is 15.4 Å². The molecular formula is C14H21FN2O. The number of nitrogens with zero attached hydrogens (tertiary/aromatic N) is 1. The molecule has 1 aromatic carbocycles. The fraction of sp³-hybridized carbons (Fsp3) is 0.571. The molecule has 1 aromatic rings. The van der Waals surface area contributed by atoms with Crippen molar-refractivity contribution >= 4 is 5.69 Å². The maximum absolute atomic E-state index is 12.9. The normalized spacial score (nSPS) is 18.6. The number of benzene rings is 1. The standard InChI is InChI=1S/C14H21FN2O/c1-17(13-4-2-12(15)3-5-13)11-14(10-16)6-8-18-9-7-14/h2-5H,6-11,16H2,1H3. The Morgan fingerprint density at radius 1 is 1.28 bits per heavy atom. The van der Waals surface area contributed by atoms with Gasteiger partial charge in [-0.3, -0.25) is 0 Å². The summed E-state index contributed by atoms with van der Waals surface area (Å²) in [6.45, 7) is 3.13. The van der Waals surface area contributed by atoms with Gasteiger partial charge in [0.1, 0.15) is 5.82 Å². The number of rotatable bonds is 4. The Balaban J connectivity index is 2.04. The molecule has 3 nitrogen and oxygen atoms in total. The van der Waals surface area contributed by atoms with E-state index in [2.05, 4.69) is 4.90 Å². The van der Waals surface area contributed by atoms with Crippen molar-refractivity contribution in [2.45, 2.75) is 12.8 Å². The second-order valence-electron chi connectivity index (χ2n) is 5.15. The van der Waals surface area contributed by atoms with Crippen molar-refractivity contribution in [1.29, 1.82) is 0 Å². The van der Waals surface area contributed by atoms with Gasteiger partial charge >= 0.3 is 0 Å². The third kappa shape index (κ3) is 3.00. The Morgan fingerprint density at radius 2 is 1.89 bits per heavy atom. The van der Waals surface area contributed by atoms with E-state index in [0.29, 0.717) is 6.54 Å². The molecule has 0 amide bonds. The predicted molar refractivity (Wildman–Crippen MR) is 71.2 cm³/mol. The van der Waals surface area contributed by atoms with Crippen molar-refractivity contribution in [2.75, 3.05) is 38.3 Å². The highest BCUT2D eigenvalue weighted by molar-refractivity contribution is 5.45. The fourth-order valence-electron chi connectivity index (χ4n) is 2.52. The summed E-state index contributed by atoms with van der Waals surface area (Å²) in [5.74, 6) is -0.202. The highest BCUT2D eigenvalue weighted by Crippen LogP contribution is 2.31. The van der Waals surface area contributed by atoms with Gasteiger partial charge in [0.15, 0.2) is 0 Å². The molecule has 1 saturated heterocycles. The van der Waals surface area contributed by atoms with E-state index in [1.165, 1.54) is 12.1 Å². The molecule has 2 rings (SSSR count). The van der Waals surface area contributed by atoms with Gasteiger partial charge in [0.05, 0.1) is 0 Å². The smallest absolute Gasteiger partial charge is 0.123 e. The van der Waals surface area contributed by atoms with Gasteiger partial charge in [-0.1, -0.05) is 0 Å². The van der Waals surface area contributed by atoms with Gasteiger partial charge in [0.2, 0.25) is 0 Å². The van der Waals surface area contributed by atoms with Crippen LogP contribution in [0.3, 0.4) is 0 Å². The third-order valence-electron chi connectivity index (χ3n) is 3.83. The monoisotopic (exact) mass is 252 g/mol. The van der Waals surface area contributed by atoms with E-state index in [9.17, 15) is 4.39 Å². The van der Waals surface area contributed by atoms with E-state index >= 15 is 0 Å². The first kappa shape index (κ1) is 13.3. The average Bonchev–Trinajstić information content (AvgIpc) is 2.40. The molecule has 0 bridgehead atoms. The van der Waals surface area contributed by atoms with E-state index in [-0.39, 0.29) is 11.2 Å². The summed E-state index contributed by atoms with van der Waals surface area (Å²) in [7, 11) is 2.03. The second kappa shape index (κ2) is 5.67. The SMILES string of the molecule is CN(CC1(CN)CCOCC1)c1ccc(F)cc1.